The molecule has 0 spiro atoms. The third kappa shape index (κ3) is 3.11. The Morgan fingerprint density at radius 2 is 1.53 bits per heavy atom. The quantitative estimate of drug-likeness (QED) is 0.853. The van der Waals surface area contributed by atoms with E-state index in [2.05, 4.69) is 22.1 Å². The molecule has 2 rings (SSSR count). The molecular weight excluding hydrogens is 210 g/mol. The smallest absolute Gasteiger partial charge is 0.0494 e. The van der Waals surface area contributed by atoms with Crippen LogP contribution < -0.4 is 5.73 Å². The van der Waals surface area contributed by atoms with E-state index < -0.39 is 0 Å². The first-order valence-corrected chi connectivity index (χ1v) is 5.93. The molecule has 2 heterocycles. The van der Waals surface area contributed by atoms with Crippen molar-refractivity contribution in [2.24, 2.45) is 5.73 Å². The summed E-state index contributed by atoms with van der Waals surface area (Å²) in [4.78, 5) is 8.86. The van der Waals surface area contributed by atoms with Gasteiger partial charge in [-0.15, -0.1) is 0 Å². The van der Waals surface area contributed by atoms with Gasteiger partial charge >= 0.3 is 0 Å². The molecule has 0 aliphatic heterocycles. The van der Waals surface area contributed by atoms with E-state index in [0.29, 0.717) is 6.54 Å². The molecule has 0 atom stereocenters. The van der Waals surface area contributed by atoms with Gasteiger partial charge in [0.05, 0.1) is 0 Å². The first-order valence-electron chi connectivity index (χ1n) is 5.93. The minimum atomic E-state index is 0.251. The molecule has 0 saturated heterocycles. The summed E-state index contributed by atoms with van der Waals surface area (Å²) in [5.74, 6) is 0.251. The fraction of sp³-hybridized carbons (Fsp3) is 0.286. The Balaban J connectivity index is 2.26. The minimum Gasteiger partial charge on any atom is -0.330 e. The highest BCUT2D eigenvalue weighted by molar-refractivity contribution is 5.22. The summed E-state index contributed by atoms with van der Waals surface area (Å²) in [5.41, 5.74) is 7.73. The molecule has 2 aromatic rings. The molecule has 0 unspecified atom stereocenters. The van der Waals surface area contributed by atoms with Crippen LogP contribution in [0.5, 0.6) is 0 Å². The molecule has 0 aliphatic carbocycles. The average Bonchev–Trinajstić information content (AvgIpc) is 2.42. The minimum absolute atomic E-state index is 0.251. The van der Waals surface area contributed by atoms with E-state index in [1.54, 1.807) is 0 Å². The Kier molecular flexibility index (Phi) is 4.22. The highest BCUT2D eigenvalue weighted by Crippen LogP contribution is 2.25. The molecule has 88 valence electrons. The van der Waals surface area contributed by atoms with Crippen LogP contribution in [0.25, 0.3) is 0 Å². The molecule has 0 bridgehead atoms. The second-order valence-electron chi connectivity index (χ2n) is 3.99. The van der Waals surface area contributed by atoms with E-state index in [4.69, 9.17) is 5.73 Å². The number of hydrogen-bond donors (Lipinski definition) is 1. The van der Waals surface area contributed by atoms with Gasteiger partial charge in [0.2, 0.25) is 0 Å². The van der Waals surface area contributed by atoms with Gasteiger partial charge in [0.25, 0.3) is 0 Å². The van der Waals surface area contributed by atoms with E-state index in [0.717, 1.165) is 24.2 Å². The van der Waals surface area contributed by atoms with Crippen LogP contribution in [0, 0.1) is 0 Å². The Morgan fingerprint density at radius 1 is 0.941 bits per heavy atom. The number of hydrogen-bond acceptors (Lipinski definition) is 3. The lowest BCUT2D eigenvalue weighted by Gasteiger charge is -2.15. The molecule has 17 heavy (non-hydrogen) atoms. The van der Waals surface area contributed by atoms with Crippen molar-refractivity contribution >= 4 is 0 Å². The molecule has 0 fully saturated rings. The molecule has 0 amide bonds. The van der Waals surface area contributed by atoms with E-state index >= 15 is 0 Å². The Labute approximate surface area is 102 Å². The van der Waals surface area contributed by atoms with Gasteiger partial charge in [0, 0.05) is 29.7 Å². The van der Waals surface area contributed by atoms with Crippen molar-refractivity contribution in [2.75, 3.05) is 6.54 Å². The van der Waals surface area contributed by atoms with Crippen LogP contribution in [0.4, 0.5) is 0 Å². The van der Waals surface area contributed by atoms with E-state index in [1.165, 1.54) is 0 Å². The number of pyridine rings is 2. The molecule has 0 aromatic carbocycles. The van der Waals surface area contributed by atoms with Crippen LogP contribution in [0.1, 0.15) is 30.1 Å². The maximum absolute atomic E-state index is 5.59. The van der Waals surface area contributed by atoms with E-state index in [-0.39, 0.29) is 5.92 Å². The molecule has 3 heteroatoms. The second kappa shape index (κ2) is 6.11. The lowest BCUT2D eigenvalue weighted by atomic mass is 9.94. The standard InChI is InChI=1S/C14H17N3/c15-9-5-6-12(13-7-1-3-10-16-13)14-8-2-4-11-17-14/h1-4,7-8,10-12H,5-6,9,15H2. The third-order valence-corrected chi connectivity index (χ3v) is 2.79. The molecule has 2 aromatic heterocycles. The van der Waals surface area contributed by atoms with Crippen LogP contribution in [0.15, 0.2) is 48.8 Å². The SMILES string of the molecule is NCCCC(c1ccccn1)c1ccccn1. The summed E-state index contributed by atoms with van der Waals surface area (Å²) in [7, 11) is 0. The Bertz CT molecular complexity index is 388. The maximum atomic E-state index is 5.59. The fourth-order valence-corrected chi connectivity index (χ4v) is 1.93. The van der Waals surface area contributed by atoms with Gasteiger partial charge in [-0.1, -0.05) is 12.1 Å². The van der Waals surface area contributed by atoms with Crippen LogP contribution in [0.3, 0.4) is 0 Å². The summed E-state index contributed by atoms with van der Waals surface area (Å²) in [6.45, 7) is 0.705. The molecule has 0 saturated carbocycles. The van der Waals surface area contributed by atoms with Crippen LogP contribution in [-0.4, -0.2) is 16.5 Å². The van der Waals surface area contributed by atoms with E-state index in [9.17, 15) is 0 Å². The van der Waals surface area contributed by atoms with Gasteiger partial charge in [0.1, 0.15) is 0 Å². The topological polar surface area (TPSA) is 51.8 Å². The van der Waals surface area contributed by atoms with Crippen molar-refractivity contribution in [1.29, 1.82) is 0 Å². The fourth-order valence-electron chi connectivity index (χ4n) is 1.93. The van der Waals surface area contributed by atoms with Crippen LogP contribution in [0.2, 0.25) is 0 Å². The maximum Gasteiger partial charge on any atom is 0.0494 e. The summed E-state index contributed by atoms with van der Waals surface area (Å²) in [6, 6.07) is 12.0. The molecule has 0 aliphatic rings. The zero-order valence-electron chi connectivity index (χ0n) is 9.79. The summed E-state index contributed by atoms with van der Waals surface area (Å²) in [6.07, 6.45) is 5.63. The number of nitrogens with zero attached hydrogens (tertiary/aromatic N) is 2. The highest BCUT2D eigenvalue weighted by atomic mass is 14.7. The largest absolute Gasteiger partial charge is 0.330 e. The molecule has 0 radical (unpaired) electrons. The Morgan fingerprint density at radius 3 is 1.94 bits per heavy atom. The van der Waals surface area contributed by atoms with Gasteiger partial charge in [-0.05, 0) is 43.7 Å². The van der Waals surface area contributed by atoms with Crippen molar-refractivity contribution < 1.29 is 0 Å². The number of aromatic nitrogens is 2. The predicted octanol–water partition coefficient (Wildman–Crippen LogP) is 2.35. The van der Waals surface area contributed by atoms with Crippen LogP contribution >= 0.6 is 0 Å². The second-order valence-corrected chi connectivity index (χ2v) is 3.99. The van der Waals surface area contributed by atoms with Gasteiger partial charge in [-0.2, -0.15) is 0 Å². The van der Waals surface area contributed by atoms with Crippen LogP contribution in [-0.2, 0) is 0 Å². The first kappa shape index (κ1) is 11.7. The third-order valence-electron chi connectivity index (χ3n) is 2.79. The Hall–Kier alpha value is -1.74. The monoisotopic (exact) mass is 227 g/mol. The molecular formula is C14H17N3. The predicted molar refractivity (Wildman–Crippen MR) is 68.6 cm³/mol. The lowest BCUT2D eigenvalue weighted by molar-refractivity contribution is 0.641. The zero-order valence-corrected chi connectivity index (χ0v) is 9.79. The van der Waals surface area contributed by atoms with Gasteiger partial charge < -0.3 is 5.73 Å². The van der Waals surface area contributed by atoms with Crippen molar-refractivity contribution in [2.45, 2.75) is 18.8 Å². The zero-order chi connectivity index (χ0) is 11.9. The lowest BCUT2D eigenvalue weighted by Crippen LogP contribution is -2.08. The summed E-state index contributed by atoms with van der Waals surface area (Å²) < 4.78 is 0. The number of nitrogens with two attached hydrogens (primary N) is 1. The van der Waals surface area contributed by atoms with Gasteiger partial charge in [-0.25, -0.2) is 0 Å². The normalized spacial score (nSPS) is 10.7. The first-order chi connectivity index (χ1) is 8.42. The van der Waals surface area contributed by atoms with Gasteiger partial charge in [0.15, 0.2) is 0 Å². The van der Waals surface area contributed by atoms with Crippen molar-refractivity contribution in [1.82, 2.24) is 9.97 Å². The van der Waals surface area contributed by atoms with E-state index in [1.807, 2.05) is 36.7 Å². The summed E-state index contributed by atoms with van der Waals surface area (Å²) in [5, 5.41) is 0. The molecule has 3 nitrogen and oxygen atoms in total. The van der Waals surface area contributed by atoms with Gasteiger partial charge in [-0.3, -0.25) is 9.97 Å². The number of rotatable bonds is 5. The molecule has 2 N–H and O–H groups in total. The summed E-state index contributed by atoms with van der Waals surface area (Å²) >= 11 is 0. The van der Waals surface area contributed by atoms with Crippen molar-refractivity contribution in [3.8, 4) is 0 Å². The average molecular weight is 227 g/mol. The highest BCUT2D eigenvalue weighted by Gasteiger charge is 2.15. The van der Waals surface area contributed by atoms with Crippen molar-refractivity contribution in [3.63, 3.8) is 0 Å². The van der Waals surface area contributed by atoms with Crippen molar-refractivity contribution in [3.05, 3.63) is 60.2 Å².